The van der Waals surface area contributed by atoms with E-state index in [9.17, 15) is 0 Å². The van der Waals surface area contributed by atoms with Crippen LogP contribution in [0.15, 0.2) is 29.3 Å². The Morgan fingerprint density at radius 1 is 1.13 bits per heavy atom. The quantitative estimate of drug-likeness (QED) is 0.547. The molecule has 6 heteroatoms. The summed E-state index contributed by atoms with van der Waals surface area (Å²) in [6.07, 6.45) is 4.16. The van der Waals surface area contributed by atoms with Crippen molar-refractivity contribution in [2.45, 2.75) is 58.4 Å². The minimum absolute atomic E-state index is 0.294. The summed E-state index contributed by atoms with van der Waals surface area (Å²) in [6, 6.07) is 8.74. The van der Waals surface area contributed by atoms with Gasteiger partial charge in [0.15, 0.2) is 5.96 Å². The second kappa shape index (κ2) is 11.7. The van der Waals surface area contributed by atoms with Gasteiger partial charge in [0.2, 0.25) is 0 Å². The predicted octanol–water partition coefficient (Wildman–Crippen LogP) is 3.12. The van der Waals surface area contributed by atoms with E-state index in [-0.39, 0.29) is 0 Å². The molecule has 0 amide bonds. The maximum absolute atomic E-state index is 5.89. The third-order valence-electron chi connectivity index (χ3n) is 6.23. The number of rotatable bonds is 7. The van der Waals surface area contributed by atoms with Gasteiger partial charge in [-0.2, -0.15) is 0 Å². The molecule has 30 heavy (non-hydrogen) atoms. The van der Waals surface area contributed by atoms with Crippen LogP contribution >= 0.6 is 0 Å². The largest absolute Gasteiger partial charge is 0.381 e. The summed E-state index contributed by atoms with van der Waals surface area (Å²) in [5, 5.41) is 3.58. The highest BCUT2D eigenvalue weighted by atomic mass is 16.5. The highest BCUT2D eigenvalue weighted by Crippen LogP contribution is 2.19. The van der Waals surface area contributed by atoms with Crippen LogP contribution < -0.4 is 5.32 Å². The number of hydrogen-bond acceptors (Lipinski definition) is 4. The molecule has 1 aromatic rings. The van der Waals surface area contributed by atoms with Crippen molar-refractivity contribution >= 4 is 5.96 Å². The van der Waals surface area contributed by atoms with Gasteiger partial charge in [0, 0.05) is 60.0 Å². The lowest BCUT2D eigenvalue weighted by molar-refractivity contribution is -0.0705. The third-order valence-corrected chi connectivity index (χ3v) is 6.23. The highest BCUT2D eigenvalue weighted by molar-refractivity contribution is 5.79. The maximum Gasteiger partial charge on any atom is 0.193 e. The van der Waals surface area contributed by atoms with Crippen molar-refractivity contribution in [2.24, 2.45) is 10.9 Å². The summed E-state index contributed by atoms with van der Waals surface area (Å²) in [5.74, 6) is 1.74. The van der Waals surface area contributed by atoms with E-state index < -0.39 is 0 Å². The first-order valence-electron chi connectivity index (χ1n) is 11.5. The zero-order chi connectivity index (χ0) is 21.3. The Morgan fingerprint density at radius 3 is 2.47 bits per heavy atom. The fourth-order valence-corrected chi connectivity index (χ4v) is 4.61. The molecule has 2 unspecified atom stereocenters. The molecule has 1 N–H and O–H groups in total. The van der Waals surface area contributed by atoms with Crippen molar-refractivity contribution in [1.29, 1.82) is 0 Å². The lowest BCUT2D eigenvalue weighted by Crippen LogP contribution is -2.45. The molecule has 0 radical (unpaired) electrons. The van der Waals surface area contributed by atoms with Crippen LogP contribution in [0.3, 0.4) is 0 Å². The molecular formula is C24H40N4O2. The molecule has 0 bridgehead atoms. The number of aliphatic imine (C=N–C) groups is 1. The van der Waals surface area contributed by atoms with Crippen molar-refractivity contribution in [2.75, 3.05) is 46.9 Å². The van der Waals surface area contributed by atoms with Gasteiger partial charge in [-0.05, 0) is 50.2 Å². The lowest BCUT2D eigenvalue weighted by Gasteiger charge is -2.35. The van der Waals surface area contributed by atoms with Crippen LogP contribution in [0.4, 0.5) is 0 Å². The van der Waals surface area contributed by atoms with Crippen LogP contribution in [0.2, 0.25) is 0 Å². The Labute approximate surface area is 182 Å². The topological polar surface area (TPSA) is 49.3 Å². The van der Waals surface area contributed by atoms with Crippen LogP contribution in [-0.4, -0.2) is 74.9 Å². The number of nitrogens with zero attached hydrogens (tertiary/aromatic N) is 3. The predicted molar refractivity (Wildman–Crippen MR) is 123 cm³/mol. The molecule has 2 fully saturated rings. The molecule has 0 aromatic heterocycles. The van der Waals surface area contributed by atoms with Crippen molar-refractivity contribution in [3.8, 4) is 0 Å². The summed E-state index contributed by atoms with van der Waals surface area (Å²) in [7, 11) is 4.01. The fraction of sp³-hybridized carbons (Fsp3) is 0.708. The van der Waals surface area contributed by atoms with E-state index in [1.165, 1.54) is 30.4 Å². The van der Waals surface area contributed by atoms with E-state index in [1.807, 2.05) is 7.05 Å². The molecule has 2 saturated heterocycles. The molecule has 1 aromatic carbocycles. The summed E-state index contributed by atoms with van der Waals surface area (Å²) >= 11 is 0. The van der Waals surface area contributed by atoms with Gasteiger partial charge in [0.1, 0.15) is 0 Å². The van der Waals surface area contributed by atoms with Gasteiger partial charge in [-0.1, -0.05) is 24.3 Å². The first-order valence-corrected chi connectivity index (χ1v) is 11.5. The molecule has 2 aliphatic rings. The molecule has 6 nitrogen and oxygen atoms in total. The molecule has 2 atom stereocenters. The van der Waals surface area contributed by atoms with Crippen LogP contribution in [0.1, 0.15) is 44.2 Å². The summed E-state index contributed by atoms with van der Waals surface area (Å²) in [6.45, 7) is 10.9. The molecule has 3 rings (SSSR count). The van der Waals surface area contributed by atoms with Gasteiger partial charge >= 0.3 is 0 Å². The molecule has 0 spiro atoms. The number of hydrogen-bond donors (Lipinski definition) is 1. The van der Waals surface area contributed by atoms with E-state index in [0.717, 1.165) is 57.8 Å². The van der Waals surface area contributed by atoms with Crippen molar-refractivity contribution < 1.29 is 9.47 Å². The first kappa shape index (κ1) is 23.0. The standard InChI is InChI=1S/C24H40N4O2/c1-19-16-28(17-20(2)30-19)18-23-8-6-5-7-22(23)15-26-24(25-3)27(4)12-9-21-10-13-29-14-11-21/h5-8,19-21H,9-18H2,1-4H3,(H,25,26). The fourth-order valence-electron chi connectivity index (χ4n) is 4.61. The van der Waals surface area contributed by atoms with Crippen LogP contribution in [0.25, 0.3) is 0 Å². The summed E-state index contributed by atoms with van der Waals surface area (Å²) in [4.78, 5) is 9.27. The second-order valence-electron chi connectivity index (χ2n) is 8.89. The van der Waals surface area contributed by atoms with E-state index in [4.69, 9.17) is 9.47 Å². The Hall–Kier alpha value is -1.63. The van der Waals surface area contributed by atoms with Gasteiger partial charge in [0.25, 0.3) is 0 Å². The zero-order valence-electron chi connectivity index (χ0n) is 19.3. The summed E-state index contributed by atoms with van der Waals surface area (Å²) in [5.41, 5.74) is 2.72. The number of morpholine rings is 1. The molecular weight excluding hydrogens is 376 g/mol. The third kappa shape index (κ3) is 6.96. The van der Waals surface area contributed by atoms with Crippen molar-refractivity contribution in [3.63, 3.8) is 0 Å². The number of ether oxygens (including phenoxy) is 2. The van der Waals surface area contributed by atoms with Crippen molar-refractivity contribution in [1.82, 2.24) is 15.1 Å². The van der Waals surface area contributed by atoms with Gasteiger partial charge in [0.05, 0.1) is 12.2 Å². The number of guanidine groups is 1. The Balaban J connectivity index is 1.52. The normalized spacial score (nSPS) is 24.1. The average Bonchev–Trinajstić information content (AvgIpc) is 2.74. The minimum atomic E-state index is 0.294. The average molecular weight is 417 g/mol. The molecule has 2 heterocycles. The number of benzene rings is 1. The second-order valence-corrected chi connectivity index (χ2v) is 8.89. The molecule has 2 aliphatic heterocycles. The molecule has 168 valence electrons. The van der Waals surface area contributed by atoms with Gasteiger partial charge in [-0.25, -0.2) is 0 Å². The van der Waals surface area contributed by atoms with Gasteiger partial charge in [-0.3, -0.25) is 9.89 Å². The molecule has 0 saturated carbocycles. The van der Waals surface area contributed by atoms with E-state index in [2.05, 4.69) is 65.3 Å². The van der Waals surface area contributed by atoms with Crippen molar-refractivity contribution in [3.05, 3.63) is 35.4 Å². The monoisotopic (exact) mass is 416 g/mol. The maximum atomic E-state index is 5.89. The Morgan fingerprint density at radius 2 is 1.80 bits per heavy atom. The van der Waals surface area contributed by atoms with E-state index in [1.54, 1.807) is 0 Å². The SMILES string of the molecule is CN=C(NCc1ccccc1CN1CC(C)OC(C)C1)N(C)CCC1CCOCC1. The first-order chi connectivity index (χ1) is 14.5. The zero-order valence-corrected chi connectivity index (χ0v) is 19.3. The Kier molecular flexibility index (Phi) is 8.97. The van der Waals surface area contributed by atoms with E-state index in [0.29, 0.717) is 12.2 Å². The van der Waals surface area contributed by atoms with E-state index >= 15 is 0 Å². The number of nitrogens with one attached hydrogen (secondary N) is 1. The Bertz CT molecular complexity index is 665. The minimum Gasteiger partial charge on any atom is -0.381 e. The summed E-state index contributed by atoms with van der Waals surface area (Å²) < 4.78 is 11.4. The van der Waals surface area contributed by atoms with Crippen LogP contribution in [0.5, 0.6) is 0 Å². The highest BCUT2D eigenvalue weighted by Gasteiger charge is 2.22. The molecule has 0 aliphatic carbocycles. The van der Waals surface area contributed by atoms with Crippen LogP contribution in [0, 0.1) is 5.92 Å². The smallest absolute Gasteiger partial charge is 0.193 e. The van der Waals surface area contributed by atoms with Gasteiger partial charge < -0.3 is 19.7 Å². The van der Waals surface area contributed by atoms with Gasteiger partial charge in [-0.15, -0.1) is 0 Å². The lowest BCUT2D eigenvalue weighted by atomic mass is 9.96. The van der Waals surface area contributed by atoms with Crippen LogP contribution in [-0.2, 0) is 22.6 Å².